The van der Waals surface area contributed by atoms with E-state index in [-0.39, 0.29) is 23.9 Å². The minimum absolute atomic E-state index is 0.00376. The summed E-state index contributed by atoms with van der Waals surface area (Å²) < 4.78 is 0. The van der Waals surface area contributed by atoms with E-state index in [9.17, 15) is 9.59 Å². The molecule has 2 atom stereocenters. The summed E-state index contributed by atoms with van der Waals surface area (Å²) in [7, 11) is 0. The molecule has 0 aliphatic carbocycles. The van der Waals surface area contributed by atoms with Gasteiger partial charge in [-0.3, -0.25) is 19.6 Å². The molecule has 24 heavy (non-hydrogen) atoms. The SMILES string of the molecule is Cc1cnc(C(=O)N2CC[C@@H]3[C@@H]2CC(=O)N3c2cccnc2)cn1. The molecule has 2 amide bonds. The third kappa shape index (κ3) is 2.33. The van der Waals surface area contributed by atoms with Gasteiger partial charge in [0, 0.05) is 25.4 Å². The third-order valence-electron chi connectivity index (χ3n) is 4.68. The molecule has 2 aliphatic heterocycles. The fourth-order valence-electron chi connectivity index (χ4n) is 3.58. The molecule has 0 spiro atoms. The summed E-state index contributed by atoms with van der Waals surface area (Å²) in [5.41, 5.74) is 1.89. The lowest BCUT2D eigenvalue weighted by Gasteiger charge is -2.25. The zero-order chi connectivity index (χ0) is 16.7. The van der Waals surface area contributed by atoms with Crippen LogP contribution in [0.3, 0.4) is 0 Å². The Morgan fingerprint density at radius 3 is 2.79 bits per heavy atom. The van der Waals surface area contributed by atoms with Gasteiger partial charge in [0.2, 0.25) is 5.91 Å². The van der Waals surface area contributed by atoms with Crippen LogP contribution in [0.1, 0.15) is 29.0 Å². The predicted octanol–water partition coefficient (Wildman–Crippen LogP) is 1.20. The summed E-state index contributed by atoms with van der Waals surface area (Å²) in [6.07, 6.45) is 7.56. The summed E-state index contributed by atoms with van der Waals surface area (Å²) in [6, 6.07) is 3.58. The van der Waals surface area contributed by atoms with Crippen LogP contribution in [0.4, 0.5) is 5.69 Å². The van der Waals surface area contributed by atoms with Crippen molar-refractivity contribution in [1.82, 2.24) is 19.9 Å². The van der Waals surface area contributed by atoms with Crippen molar-refractivity contribution < 1.29 is 9.59 Å². The van der Waals surface area contributed by atoms with Gasteiger partial charge in [-0.05, 0) is 25.5 Å². The lowest BCUT2D eigenvalue weighted by molar-refractivity contribution is -0.117. The molecule has 0 radical (unpaired) electrons. The molecule has 2 saturated heterocycles. The Balaban J connectivity index is 1.59. The first-order valence-corrected chi connectivity index (χ1v) is 7.97. The molecule has 122 valence electrons. The Morgan fingerprint density at radius 1 is 1.21 bits per heavy atom. The van der Waals surface area contributed by atoms with Crippen LogP contribution in [0.25, 0.3) is 0 Å². The van der Waals surface area contributed by atoms with Gasteiger partial charge in [0.1, 0.15) is 5.69 Å². The van der Waals surface area contributed by atoms with E-state index in [0.29, 0.717) is 18.7 Å². The smallest absolute Gasteiger partial charge is 0.274 e. The van der Waals surface area contributed by atoms with Gasteiger partial charge in [0.25, 0.3) is 5.91 Å². The molecule has 0 N–H and O–H groups in total. The molecule has 2 aromatic heterocycles. The van der Waals surface area contributed by atoms with E-state index in [1.54, 1.807) is 28.4 Å². The standard InChI is InChI=1S/C17H17N5O2/c1-11-8-20-13(10-19-11)17(24)21-6-4-14-15(21)7-16(23)22(14)12-3-2-5-18-9-12/h2-3,5,8-10,14-15H,4,6-7H2,1H3/t14-,15+/m1/s1. The Labute approximate surface area is 139 Å². The maximum Gasteiger partial charge on any atom is 0.274 e. The molecule has 0 saturated carbocycles. The highest BCUT2D eigenvalue weighted by Gasteiger charge is 2.49. The van der Waals surface area contributed by atoms with Crippen LogP contribution in [0.2, 0.25) is 0 Å². The lowest BCUT2D eigenvalue weighted by Crippen LogP contribution is -2.40. The summed E-state index contributed by atoms with van der Waals surface area (Å²) in [5, 5.41) is 0. The maximum absolute atomic E-state index is 12.7. The van der Waals surface area contributed by atoms with Crippen LogP contribution in [0.5, 0.6) is 0 Å². The zero-order valence-corrected chi connectivity index (χ0v) is 13.3. The summed E-state index contributed by atoms with van der Waals surface area (Å²) >= 11 is 0. The molecular weight excluding hydrogens is 306 g/mol. The summed E-state index contributed by atoms with van der Waals surface area (Å²) in [6.45, 7) is 2.45. The first-order valence-electron chi connectivity index (χ1n) is 7.97. The minimum Gasteiger partial charge on any atom is -0.332 e. The van der Waals surface area contributed by atoms with Crippen molar-refractivity contribution in [2.24, 2.45) is 0 Å². The van der Waals surface area contributed by atoms with E-state index < -0.39 is 0 Å². The van der Waals surface area contributed by atoms with E-state index in [2.05, 4.69) is 15.0 Å². The van der Waals surface area contributed by atoms with Crippen molar-refractivity contribution in [3.05, 3.63) is 48.3 Å². The highest BCUT2D eigenvalue weighted by atomic mass is 16.2. The van der Waals surface area contributed by atoms with Gasteiger partial charge < -0.3 is 9.80 Å². The number of likely N-dealkylation sites (tertiary alicyclic amines) is 1. The largest absolute Gasteiger partial charge is 0.332 e. The summed E-state index contributed by atoms with van der Waals surface area (Å²) in [4.78, 5) is 41.2. The summed E-state index contributed by atoms with van der Waals surface area (Å²) in [5.74, 6) is -0.124. The topological polar surface area (TPSA) is 79.3 Å². The average Bonchev–Trinajstić information content (AvgIpc) is 3.13. The number of carbonyl (C=O) groups excluding carboxylic acids is 2. The van der Waals surface area contributed by atoms with Gasteiger partial charge >= 0.3 is 0 Å². The van der Waals surface area contributed by atoms with Crippen LogP contribution in [0.15, 0.2) is 36.9 Å². The Bertz CT molecular complexity index is 777. The number of carbonyl (C=O) groups is 2. The average molecular weight is 323 g/mol. The molecule has 2 aliphatic rings. The van der Waals surface area contributed by atoms with Gasteiger partial charge in [0.05, 0.1) is 35.9 Å². The van der Waals surface area contributed by atoms with Crippen molar-refractivity contribution in [2.75, 3.05) is 11.4 Å². The molecule has 2 aromatic rings. The van der Waals surface area contributed by atoms with Gasteiger partial charge in [-0.1, -0.05) is 0 Å². The highest BCUT2D eigenvalue weighted by Crippen LogP contribution is 2.36. The van der Waals surface area contributed by atoms with Crippen molar-refractivity contribution >= 4 is 17.5 Å². The quantitative estimate of drug-likeness (QED) is 0.830. The normalized spacial score (nSPS) is 22.8. The monoisotopic (exact) mass is 323 g/mol. The molecule has 0 unspecified atom stereocenters. The van der Waals surface area contributed by atoms with Gasteiger partial charge in [-0.15, -0.1) is 0 Å². The molecule has 0 bridgehead atoms. The van der Waals surface area contributed by atoms with Crippen molar-refractivity contribution in [1.29, 1.82) is 0 Å². The zero-order valence-electron chi connectivity index (χ0n) is 13.3. The highest BCUT2D eigenvalue weighted by molar-refractivity contribution is 5.99. The van der Waals surface area contributed by atoms with Crippen molar-refractivity contribution in [2.45, 2.75) is 31.8 Å². The lowest BCUT2D eigenvalue weighted by atomic mass is 10.1. The fourth-order valence-corrected chi connectivity index (χ4v) is 3.58. The third-order valence-corrected chi connectivity index (χ3v) is 4.68. The van der Waals surface area contributed by atoms with Crippen molar-refractivity contribution in [3.8, 4) is 0 Å². The van der Waals surface area contributed by atoms with Crippen LogP contribution < -0.4 is 4.90 Å². The maximum atomic E-state index is 12.7. The van der Waals surface area contributed by atoms with Gasteiger partial charge in [-0.2, -0.15) is 0 Å². The number of hydrogen-bond donors (Lipinski definition) is 0. The minimum atomic E-state index is -0.157. The molecule has 7 heteroatoms. The number of fused-ring (bicyclic) bond motifs is 1. The van der Waals surface area contributed by atoms with Crippen molar-refractivity contribution in [3.63, 3.8) is 0 Å². The van der Waals surface area contributed by atoms with Gasteiger partial charge in [-0.25, -0.2) is 4.98 Å². The predicted molar refractivity (Wildman–Crippen MR) is 86.3 cm³/mol. The van der Waals surface area contributed by atoms with E-state index in [0.717, 1.165) is 17.8 Å². The number of amides is 2. The van der Waals surface area contributed by atoms with Gasteiger partial charge in [0.15, 0.2) is 0 Å². The second-order valence-corrected chi connectivity index (χ2v) is 6.14. The molecule has 0 aromatic carbocycles. The van der Waals surface area contributed by atoms with Crippen LogP contribution in [0, 0.1) is 6.92 Å². The Morgan fingerprint density at radius 2 is 2.08 bits per heavy atom. The first kappa shape index (κ1) is 14.7. The second-order valence-electron chi connectivity index (χ2n) is 6.14. The molecule has 4 heterocycles. The number of pyridine rings is 1. The number of anilines is 1. The number of aryl methyl sites for hydroxylation is 1. The van der Waals surface area contributed by atoms with Crippen LogP contribution >= 0.6 is 0 Å². The fraction of sp³-hybridized carbons (Fsp3) is 0.353. The molecular formula is C17H17N5O2. The van der Waals surface area contributed by atoms with E-state index in [4.69, 9.17) is 0 Å². The van der Waals surface area contributed by atoms with E-state index in [1.165, 1.54) is 6.20 Å². The molecule has 4 rings (SSSR count). The van der Waals surface area contributed by atoms with Crippen LogP contribution in [-0.2, 0) is 4.79 Å². The Kier molecular flexibility index (Phi) is 3.48. The van der Waals surface area contributed by atoms with Crippen LogP contribution in [-0.4, -0.2) is 50.3 Å². The number of aromatic nitrogens is 3. The number of nitrogens with zero attached hydrogens (tertiary/aromatic N) is 5. The number of rotatable bonds is 2. The Hall–Kier alpha value is -2.83. The molecule has 2 fully saturated rings. The molecule has 7 nitrogen and oxygen atoms in total. The van der Waals surface area contributed by atoms with E-state index >= 15 is 0 Å². The van der Waals surface area contributed by atoms with E-state index in [1.807, 2.05) is 19.1 Å². The first-order chi connectivity index (χ1) is 11.6. The second kappa shape index (κ2) is 5.67. The number of hydrogen-bond acceptors (Lipinski definition) is 5.